The molecule has 2 aromatic carbocycles. The number of hydrogen-bond donors (Lipinski definition) is 0. The van der Waals surface area contributed by atoms with Gasteiger partial charge in [0.2, 0.25) is 0 Å². The van der Waals surface area contributed by atoms with E-state index in [4.69, 9.17) is 4.98 Å². The molecule has 0 bridgehead atoms. The summed E-state index contributed by atoms with van der Waals surface area (Å²) < 4.78 is 16.0. The molecule has 0 spiro atoms. The monoisotopic (exact) mass is 396 g/mol. The Kier molecular flexibility index (Phi) is 4.17. The molecule has 5 rings (SSSR count). The average Bonchev–Trinajstić information content (AvgIpc) is 3.32. The number of aromatic nitrogens is 1. The second-order valence-corrected chi connectivity index (χ2v) is 9.02. The van der Waals surface area contributed by atoms with Crippen molar-refractivity contribution in [2.24, 2.45) is 0 Å². The van der Waals surface area contributed by atoms with Crippen LogP contribution in [0.2, 0.25) is 0 Å². The number of rotatable bonds is 2. The lowest BCUT2D eigenvalue weighted by Gasteiger charge is -2.31. The molecule has 0 radical (unpaired) electrons. The highest BCUT2D eigenvalue weighted by Crippen LogP contribution is 2.34. The minimum absolute atomic E-state index is 0.00131. The lowest BCUT2D eigenvalue weighted by molar-refractivity contribution is 0.0712. The Morgan fingerprint density at radius 2 is 1.96 bits per heavy atom. The van der Waals surface area contributed by atoms with E-state index >= 15 is 0 Å². The summed E-state index contributed by atoms with van der Waals surface area (Å²) >= 11 is 3.09. The van der Waals surface area contributed by atoms with Crippen LogP contribution in [0.5, 0.6) is 0 Å². The SMILES string of the molecule is O=C(c1cc2c(F)cccc2s1)N1CCC[C@H](c2nc3ccccc3s2)C1. The van der Waals surface area contributed by atoms with Crippen LogP contribution in [0.25, 0.3) is 20.3 Å². The summed E-state index contributed by atoms with van der Waals surface area (Å²) in [7, 11) is 0. The van der Waals surface area contributed by atoms with Crippen molar-refractivity contribution in [2.75, 3.05) is 13.1 Å². The van der Waals surface area contributed by atoms with E-state index < -0.39 is 0 Å². The van der Waals surface area contributed by atoms with Crippen LogP contribution in [-0.4, -0.2) is 28.9 Å². The number of halogens is 1. The van der Waals surface area contributed by atoms with Crippen molar-refractivity contribution < 1.29 is 9.18 Å². The standard InChI is InChI=1S/C21H17FN2OS2/c22-15-6-3-9-17-14(15)11-19(26-17)21(25)24-10-4-5-13(12-24)20-23-16-7-1-2-8-18(16)27-20/h1-3,6-9,11,13H,4-5,10,12H2/t13-/m0/s1. The third-order valence-corrected chi connectivity index (χ3v) is 7.37. The summed E-state index contributed by atoms with van der Waals surface area (Å²) in [6, 6.07) is 14.8. The summed E-state index contributed by atoms with van der Waals surface area (Å²) in [5.74, 6) is 0.00132. The number of para-hydroxylation sites is 1. The van der Waals surface area contributed by atoms with Crippen molar-refractivity contribution >= 4 is 48.9 Å². The van der Waals surface area contributed by atoms with Crippen LogP contribution in [0.1, 0.15) is 33.4 Å². The second-order valence-electron chi connectivity index (χ2n) is 6.87. The topological polar surface area (TPSA) is 33.2 Å². The average molecular weight is 397 g/mol. The molecule has 4 aromatic rings. The molecule has 1 fully saturated rings. The van der Waals surface area contributed by atoms with Gasteiger partial charge in [-0.2, -0.15) is 0 Å². The number of fused-ring (bicyclic) bond motifs is 2. The summed E-state index contributed by atoms with van der Waals surface area (Å²) in [6.07, 6.45) is 2.01. The second kappa shape index (κ2) is 6.69. The Bertz CT molecular complexity index is 1120. The molecule has 1 aliphatic heterocycles. The number of benzene rings is 2. The van der Waals surface area contributed by atoms with E-state index in [0.29, 0.717) is 16.8 Å². The zero-order chi connectivity index (χ0) is 18.4. The maximum absolute atomic E-state index is 14.0. The number of thiazole rings is 1. The van der Waals surface area contributed by atoms with Gasteiger partial charge in [0.05, 0.1) is 20.1 Å². The molecule has 136 valence electrons. The lowest BCUT2D eigenvalue weighted by Crippen LogP contribution is -2.38. The smallest absolute Gasteiger partial charge is 0.263 e. The number of piperidine rings is 1. The number of amides is 1. The Morgan fingerprint density at radius 3 is 2.81 bits per heavy atom. The molecule has 0 N–H and O–H groups in total. The molecule has 1 atom stereocenters. The Hall–Kier alpha value is -2.31. The predicted octanol–water partition coefficient (Wildman–Crippen LogP) is 5.67. The maximum Gasteiger partial charge on any atom is 0.263 e. The van der Waals surface area contributed by atoms with Gasteiger partial charge in [-0.25, -0.2) is 9.37 Å². The van der Waals surface area contributed by atoms with Gasteiger partial charge in [-0.05, 0) is 43.2 Å². The zero-order valence-corrected chi connectivity index (χ0v) is 16.2. The third kappa shape index (κ3) is 3.03. The van der Waals surface area contributed by atoms with Gasteiger partial charge in [-0.15, -0.1) is 22.7 Å². The van der Waals surface area contributed by atoms with Crippen LogP contribution in [-0.2, 0) is 0 Å². The quantitative estimate of drug-likeness (QED) is 0.437. The fourth-order valence-corrected chi connectivity index (χ4v) is 5.85. The normalized spacial score (nSPS) is 17.7. The van der Waals surface area contributed by atoms with Crippen LogP contribution in [0, 0.1) is 5.82 Å². The number of carbonyl (C=O) groups excluding carboxylic acids is 1. The van der Waals surface area contributed by atoms with Crippen LogP contribution >= 0.6 is 22.7 Å². The van der Waals surface area contributed by atoms with Crippen molar-refractivity contribution in [2.45, 2.75) is 18.8 Å². The molecule has 3 nitrogen and oxygen atoms in total. The van der Waals surface area contributed by atoms with E-state index in [1.54, 1.807) is 23.5 Å². The summed E-state index contributed by atoms with van der Waals surface area (Å²) in [6.45, 7) is 1.42. The zero-order valence-electron chi connectivity index (χ0n) is 14.5. The molecule has 2 aromatic heterocycles. The molecule has 0 saturated carbocycles. The van der Waals surface area contributed by atoms with Gasteiger partial charge in [-0.3, -0.25) is 4.79 Å². The van der Waals surface area contributed by atoms with Gasteiger partial charge in [0.15, 0.2) is 0 Å². The number of nitrogens with zero attached hydrogens (tertiary/aromatic N) is 2. The Labute approximate surface area is 164 Å². The first-order chi connectivity index (χ1) is 13.2. The van der Waals surface area contributed by atoms with Crippen LogP contribution in [0.4, 0.5) is 4.39 Å². The number of thiophene rings is 1. The van der Waals surface area contributed by atoms with Crippen molar-refractivity contribution in [1.29, 1.82) is 0 Å². The Morgan fingerprint density at radius 1 is 1.11 bits per heavy atom. The summed E-state index contributed by atoms with van der Waals surface area (Å²) in [5.41, 5.74) is 1.03. The van der Waals surface area contributed by atoms with Crippen molar-refractivity contribution in [3.05, 3.63) is 64.2 Å². The third-order valence-electron chi connectivity index (χ3n) is 5.09. The summed E-state index contributed by atoms with van der Waals surface area (Å²) in [5, 5.41) is 1.64. The number of carbonyl (C=O) groups is 1. The number of hydrogen-bond acceptors (Lipinski definition) is 4. The highest BCUT2D eigenvalue weighted by atomic mass is 32.1. The van der Waals surface area contributed by atoms with Crippen LogP contribution in [0.3, 0.4) is 0 Å². The highest BCUT2D eigenvalue weighted by molar-refractivity contribution is 7.20. The molecule has 1 amide bonds. The lowest BCUT2D eigenvalue weighted by atomic mass is 9.98. The van der Waals surface area contributed by atoms with Gasteiger partial charge in [0.1, 0.15) is 5.82 Å². The highest BCUT2D eigenvalue weighted by Gasteiger charge is 2.28. The minimum atomic E-state index is -0.270. The van der Waals surface area contributed by atoms with Gasteiger partial charge >= 0.3 is 0 Å². The van der Waals surface area contributed by atoms with Crippen molar-refractivity contribution in [3.63, 3.8) is 0 Å². The largest absolute Gasteiger partial charge is 0.337 e. The van der Waals surface area contributed by atoms with Crippen LogP contribution < -0.4 is 0 Å². The van der Waals surface area contributed by atoms with Crippen molar-refractivity contribution in [3.8, 4) is 0 Å². The first-order valence-electron chi connectivity index (χ1n) is 9.02. The molecule has 6 heteroatoms. The van der Waals surface area contributed by atoms with E-state index in [1.165, 1.54) is 22.1 Å². The van der Waals surface area contributed by atoms with Gasteiger partial charge in [-0.1, -0.05) is 18.2 Å². The summed E-state index contributed by atoms with van der Waals surface area (Å²) in [4.78, 5) is 20.3. The maximum atomic E-state index is 14.0. The van der Waals surface area contributed by atoms with Gasteiger partial charge in [0.25, 0.3) is 5.91 Å². The first kappa shape index (κ1) is 16.8. The molecule has 27 heavy (non-hydrogen) atoms. The Balaban J connectivity index is 1.41. The fourth-order valence-electron chi connectivity index (χ4n) is 3.71. The van der Waals surface area contributed by atoms with E-state index in [0.717, 1.165) is 34.6 Å². The van der Waals surface area contributed by atoms with Gasteiger partial charge < -0.3 is 4.90 Å². The molecule has 1 aliphatic rings. The molecular formula is C21H17FN2OS2. The van der Waals surface area contributed by atoms with Crippen LogP contribution in [0.15, 0.2) is 48.5 Å². The first-order valence-corrected chi connectivity index (χ1v) is 10.6. The molecule has 0 aliphatic carbocycles. The number of likely N-dealkylation sites (tertiary alicyclic amines) is 1. The molecule has 0 unspecified atom stereocenters. The fraction of sp³-hybridized carbons (Fsp3) is 0.238. The van der Waals surface area contributed by atoms with E-state index in [9.17, 15) is 9.18 Å². The van der Waals surface area contributed by atoms with E-state index in [2.05, 4.69) is 6.07 Å². The molecule has 3 heterocycles. The molecule has 1 saturated heterocycles. The van der Waals surface area contributed by atoms with Gasteiger partial charge in [0, 0.05) is 29.1 Å². The molecular weight excluding hydrogens is 379 g/mol. The predicted molar refractivity (Wildman–Crippen MR) is 109 cm³/mol. The minimum Gasteiger partial charge on any atom is -0.337 e. The van der Waals surface area contributed by atoms with Crippen molar-refractivity contribution in [1.82, 2.24) is 9.88 Å². The van der Waals surface area contributed by atoms with E-state index in [1.807, 2.05) is 29.2 Å². The van der Waals surface area contributed by atoms with E-state index in [-0.39, 0.29) is 17.6 Å².